The molecule has 25 heavy (non-hydrogen) atoms. The number of nitrogens with zero attached hydrogens (tertiary/aromatic N) is 3. The molecule has 3 heterocycles. The van der Waals surface area contributed by atoms with Crippen LogP contribution in [0.3, 0.4) is 0 Å². The molecule has 0 radical (unpaired) electrons. The van der Waals surface area contributed by atoms with E-state index < -0.39 is 6.29 Å². The van der Waals surface area contributed by atoms with E-state index in [-0.39, 0.29) is 16.7 Å². The van der Waals surface area contributed by atoms with Crippen LogP contribution in [-0.2, 0) is 9.47 Å². The standard InChI is InChI=1S/C17H13N3O4S/c21-20(22)11-6-13-15-14(7-11)25-9-12-8-23-17(24-12)16(15)18-19(13)10-4-2-1-3-5-10/h1-7,12,17H,8-9H2. The number of nitro groups is 1. The zero-order valence-corrected chi connectivity index (χ0v) is 13.8. The van der Waals surface area contributed by atoms with Crippen molar-refractivity contribution in [2.24, 2.45) is 0 Å². The van der Waals surface area contributed by atoms with E-state index in [4.69, 9.17) is 14.6 Å². The van der Waals surface area contributed by atoms with Crippen molar-refractivity contribution in [3.63, 3.8) is 0 Å². The van der Waals surface area contributed by atoms with Gasteiger partial charge in [-0.05, 0) is 12.1 Å². The summed E-state index contributed by atoms with van der Waals surface area (Å²) in [4.78, 5) is 11.9. The van der Waals surface area contributed by atoms with Crippen LogP contribution in [-0.4, -0.2) is 33.2 Å². The number of rotatable bonds is 2. The Morgan fingerprint density at radius 3 is 2.92 bits per heavy atom. The molecule has 0 saturated carbocycles. The van der Waals surface area contributed by atoms with E-state index in [1.54, 1.807) is 28.6 Å². The molecule has 2 aliphatic rings. The molecule has 2 atom stereocenters. The van der Waals surface area contributed by atoms with Crippen molar-refractivity contribution >= 4 is 28.4 Å². The maximum absolute atomic E-state index is 11.4. The monoisotopic (exact) mass is 355 g/mol. The number of hydrogen-bond acceptors (Lipinski definition) is 6. The van der Waals surface area contributed by atoms with E-state index in [9.17, 15) is 10.1 Å². The molecule has 2 unspecified atom stereocenters. The molecule has 2 aliphatic heterocycles. The number of non-ortho nitro benzene ring substituents is 1. The fourth-order valence-electron chi connectivity index (χ4n) is 3.23. The van der Waals surface area contributed by atoms with Crippen molar-refractivity contribution in [1.82, 2.24) is 9.78 Å². The highest BCUT2D eigenvalue weighted by molar-refractivity contribution is 7.99. The van der Waals surface area contributed by atoms with Gasteiger partial charge in [-0.3, -0.25) is 10.1 Å². The lowest BCUT2D eigenvalue weighted by atomic mass is 10.1. The van der Waals surface area contributed by atoms with Crippen LogP contribution in [0, 0.1) is 10.1 Å². The molecule has 1 fully saturated rings. The second-order valence-electron chi connectivity index (χ2n) is 5.96. The Balaban J connectivity index is 1.84. The van der Waals surface area contributed by atoms with Gasteiger partial charge < -0.3 is 9.47 Å². The van der Waals surface area contributed by atoms with E-state index in [0.717, 1.165) is 16.0 Å². The molecule has 2 bridgehead atoms. The van der Waals surface area contributed by atoms with Crippen LogP contribution in [0.1, 0.15) is 12.0 Å². The Kier molecular flexibility index (Phi) is 3.30. The van der Waals surface area contributed by atoms with E-state index >= 15 is 0 Å². The van der Waals surface area contributed by atoms with Crippen molar-refractivity contribution in [2.75, 3.05) is 12.4 Å². The molecule has 2 aromatic carbocycles. The lowest BCUT2D eigenvalue weighted by molar-refractivity contribution is -0.384. The summed E-state index contributed by atoms with van der Waals surface area (Å²) in [5, 5.41) is 17.0. The van der Waals surface area contributed by atoms with E-state index in [1.165, 1.54) is 0 Å². The average Bonchev–Trinajstić information content (AvgIpc) is 3.24. The minimum atomic E-state index is -0.529. The van der Waals surface area contributed by atoms with Gasteiger partial charge in [0.1, 0.15) is 5.69 Å². The summed E-state index contributed by atoms with van der Waals surface area (Å²) in [5.74, 6) is 0.697. The zero-order chi connectivity index (χ0) is 17.0. The summed E-state index contributed by atoms with van der Waals surface area (Å²) in [6, 6.07) is 12.8. The minimum Gasteiger partial charge on any atom is -0.344 e. The van der Waals surface area contributed by atoms with Gasteiger partial charge in [0, 0.05) is 28.2 Å². The third-order valence-electron chi connectivity index (χ3n) is 4.37. The van der Waals surface area contributed by atoms with Crippen molar-refractivity contribution in [3.05, 3.63) is 58.3 Å². The predicted octanol–water partition coefficient (Wildman–Crippen LogP) is 3.45. The summed E-state index contributed by atoms with van der Waals surface area (Å²) in [7, 11) is 0. The first-order valence-electron chi connectivity index (χ1n) is 7.87. The first-order chi connectivity index (χ1) is 12.2. The largest absolute Gasteiger partial charge is 0.344 e. The highest BCUT2D eigenvalue weighted by Crippen LogP contribution is 2.43. The van der Waals surface area contributed by atoms with Crippen molar-refractivity contribution in [3.8, 4) is 5.69 Å². The molecule has 5 rings (SSSR count). The molecule has 3 aromatic rings. The van der Waals surface area contributed by atoms with E-state index in [2.05, 4.69) is 0 Å². The number of para-hydroxylation sites is 1. The molecule has 0 N–H and O–H groups in total. The maximum Gasteiger partial charge on any atom is 0.272 e. The lowest BCUT2D eigenvalue weighted by Crippen LogP contribution is -2.14. The second-order valence-corrected chi connectivity index (χ2v) is 7.02. The molecule has 1 aromatic heterocycles. The van der Waals surface area contributed by atoms with Gasteiger partial charge in [-0.25, -0.2) is 4.68 Å². The lowest BCUT2D eigenvalue weighted by Gasteiger charge is -2.14. The molecule has 1 saturated heterocycles. The summed E-state index contributed by atoms with van der Waals surface area (Å²) in [6.07, 6.45) is -0.557. The van der Waals surface area contributed by atoms with Crippen LogP contribution in [0.4, 0.5) is 5.69 Å². The fraction of sp³-hybridized carbons (Fsp3) is 0.235. The first-order valence-corrected chi connectivity index (χ1v) is 8.85. The van der Waals surface area contributed by atoms with Gasteiger partial charge in [-0.15, -0.1) is 11.8 Å². The number of nitro benzene ring substituents is 1. The average molecular weight is 355 g/mol. The smallest absolute Gasteiger partial charge is 0.272 e. The molecule has 0 amide bonds. The van der Waals surface area contributed by atoms with Gasteiger partial charge in [0.15, 0.2) is 0 Å². The first kappa shape index (κ1) is 14.9. The zero-order valence-electron chi connectivity index (χ0n) is 13.0. The number of benzene rings is 2. The summed E-state index contributed by atoms with van der Waals surface area (Å²) >= 11 is 1.55. The van der Waals surface area contributed by atoms with E-state index in [0.29, 0.717) is 23.6 Å². The molecule has 7 nitrogen and oxygen atoms in total. The summed E-state index contributed by atoms with van der Waals surface area (Å²) in [6.45, 7) is 0.507. The highest BCUT2D eigenvalue weighted by Gasteiger charge is 2.35. The third-order valence-corrected chi connectivity index (χ3v) is 5.54. The topological polar surface area (TPSA) is 79.4 Å². The molecular formula is C17H13N3O4S. The molecule has 0 spiro atoms. The van der Waals surface area contributed by atoms with Crippen LogP contribution in [0.15, 0.2) is 47.4 Å². The third kappa shape index (κ3) is 2.33. The van der Waals surface area contributed by atoms with Crippen molar-refractivity contribution < 1.29 is 14.4 Å². The van der Waals surface area contributed by atoms with Crippen LogP contribution in [0.5, 0.6) is 0 Å². The quantitative estimate of drug-likeness (QED) is 0.517. The Hall–Kier alpha value is -2.42. The van der Waals surface area contributed by atoms with Crippen LogP contribution < -0.4 is 0 Å². The molecule has 126 valence electrons. The van der Waals surface area contributed by atoms with Crippen molar-refractivity contribution in [1.29, 1.82) is 0 Å². The maximum atomic E-state index is 11.4. The fourth-order valence-corrected chi connectivity index (χ4v) is 4.33. The number of thioether (sulfide) groups is 1. The van der Waals surface area contributed by atoms with Crippen LogP contribution in [0.25, 0.3) is 16.6 Å². The predicted molar refractivity (Wildman–Crippen MR) is 92.0 cm³/mol. The van der Waals surface area contributed by atoms with Gasteiger partial charge in [-0.2, -0.15) is 5.10 Å². The molecule has 8 heteroatoms. The number of hydrogen-bond donors (Lipinski definition) is 0. The summed E-state index contributed by atoms with van der Waals surface area (Å²) in [5.41, 5.74) is 2.27. The Morgan fingerprint density at radius 2 is 2.12 bits per heavy atom. The van der Waals surface area contributed by atoms with Gasteiger partial charge in [0.2, 0.25) is 6.29 Å². The van der Waals surface area contributed by atoms with Gasteiger partial charge in [-0.1, -0.05) is 18.2 Å². The Bertz CT molecular complexity index is 988. The highest BCUT2D eigenvalue weighted by atomic mass is 32.2. The minimum absolute atomic E-state index is 0.0284. The SMILES string of the molecule is O=[N+]([O-])c1cc2c3c(nn(-c4ccccc4)c3c1)C1OCC(CS2)O1. The van der Waals surface area contributed by atoms with Gasteiger partial charge in [0.25, 0.3) is 5.69 Å². The van der Waals surface area contributed by atoms with E-state index in [1.807, 2.05) is 30.3 Å². The number of aromatic nitrogens is 2. The van der Waals surface area contributed by atoms with Crippen LogP contribution in [0.2, 0.25) is 0 Å². The normalized spacial score (nSPS) is 21.9. The number of ether oxygens (including phenoxy) is 2. The Morgan fingerprint density at radius 1 is 1.28 bits per heavy atom. The Labute approximate surface area is 146 Å². The van der Waals surface area contributed by atoms with Crippen molar-refractivity contribution in [2.45, 2.75) is 17.3 Å². The molecular weight excluding hydrogens is 342 g/mol. The van der Waals surface area contributed by atoms with Crippen LogP contribution >= 0.6 is 11.8 Å². The van der Waals surface area contributed by atoms with Gasteiger partial charge >= 0.3 is 0 Å². The second kappa shape index (κ2) is 5.55. The summed E-state index contributed by atoms with van der Waals surface area (Å²) < 4.78 is 13.4. The molecule has 0 aliphatic carbocycles. The van der Waals surface area contributed by atoms with Gasteiger partial charge in [0.05, 0.1) is 28.8 Å². The number of fused-ring (bicyclic) bond motifs is 3.